The highest BCUT2D eigenvalue weighted by Crippen LogP contribution is 2.44. The van der Waals surface area contributed by atoms with Crippen LogP contribution in [0, 0.1) is 5.41 Å². The SMILES string of the molecule is C=C1C(=N/C=C(\C)F)CC2(CCNCC2)[C@@H]1N. The van der Waals surface area contributed by atoms with Crippen molar-refractivity contribution in [3.05, 3.63) is 24.2 Å². The molecule has 1 spiro atoms. The molecule has 4 heteroatoms. The van der Waals surface area contributed by atoms with Crippen molar-refractivity contribution >= 4 is 5.71 Å². The van der Waals surface area contributed by atoms with Crippen molar-refractivity contribution in [2.24, 2.45) is 16.1 Å². The van der Waals surface area contributed by atoms with E-state index in [1.54, 1.807) is 0 Å². The van der Waals surface area contributed by atoms with Gasteiger partial charge in [0.15, 0.2) is 0 Å². The van der Waals surface area contributed by atoms with E-state index in [9.17, 15) is 4.39 Å². The molecule has 0 aromatic heterocycles. The zero-order valence-electron chi connectivity index (χ0n) is 10.3. The Balaban J connectivity index is 2.22. The number of aliphatic imine (C=N–C) groups is 1. The van der Waals surface area contributed by atoms with Gasteiger partial charge in [-0.15, -0.1) is 0 Å². The standard InChI is InChI=1S/C13H20FN3/c1-9(14)8-17-11-7-13(12(15)10(11)2)3-5-16-6-4-13/h8,12,16H,2-7,15H2,1H3/b9-8+,17-11?/t12-/m1/s1. The maximum absolute atomic E-state index is 12.7. The summed E-state index contributed by atoms with van der Waals surface area (Å²) >= 11 is 0. The summed E-state index contributed by atoms with van der Waals surface area (Å²) in [5.74, 6) is -0.287. The van der Waals surface area contributed by atoms with Crippen molar-refractivity contribution < 1.29 is 4.39 Å². The number of piperidine rings is 1. The molecule has 17 heavy (non-hydrogen) atoms. The van der Waals surface area contributed by atoms with Crippen molar-refractivity contribution in [3.63, 3.8) is 0 Å². The molecule has 1 heterocycles. The highest BCUT2D eigenvalue weighted by molar-refractivity contribution is 6.04. The van der Waals surface area contributed by atoms with Crippen LogP contribution in [-0.4, -0.2) is 24.8 Å². The van der Waals surface area contributed by atoms with Crippen LogP contribution in [0.3, 0.4) is 0 Å². The summed E-state index contributed by atoms with van der Waals surface area (Å²) in [6, 6.07) is -0.0309. The number of nitrogens with one attached hydrogen (secondary N) is 1. The van der Waals surface area contributed by atoms with Crippen molar-refractivity contribution in [1.82, 2.24) is 5.32 Å². The summed E-state index contributed by atoms with van der Waals surface area (Å²) in [4.78, 5) is 4.18. The first-order valence-corrected chi connectivity index (χ1v) is 6.10. The molecule has 0 bridgehead atoms. The average molecular weight is 237 g/mol. The normalized spacial score (nSPS) is 31.5. The van der Waals surface area contributed by atoms with Gasteiger partial charge >= 0.3 is 0 Å². The molecule has 0 unspecified atom stereocenters. The first-order valence-electron chi connectivity index (χ1n) is 6.10. The highest BCUT2D eigenvalue weighted by Gasteiger charge is 2.46. The molecule has 0 aromatic rings. The van der Waals surface area contributed by atoms with Crippen molar-refractivity contribution in [2.45, 2.75) is 32.2 Å². The Morgan fingerprint density at radius 1 is 1.59 bits per heavy atom. The fourth-order valence-corrected chi connectivity index (χ4v) is 2.81. The van der Waals surface area contributed by atoms with Gasteiger partial charge in [-0.25, -0.2) is 4.39 Å². The Morgan fingerprint density at radius 3 is 2.82 bits per heavy atom. The van der Waals surface area contributed by atoms with Crippen LogP contribution in [0.1, 0.15) is 26.2 Å². The fourth-order valence-electron chi connectivity index (χ4n) is 2.81. The second kappa shape index (κ2) is 4.70. The van der Waals surface area contributed by atoms with E-state index in [1.807, 2.05) is 0 Å². The van der Waals surface area contributed by atoms with E-state index in [2.05, 4.69) is 16.9 Å². The second-order valence-corrected chi connectivity index (χ2v) is 5.08. The van der Waals surface area contributed by atoms with Crippen molar-refractivity contribution in [1.29, 1.82) is 0 Å². The number of hydrogen-bond donors (Lipinski definition) is 2. The molecule has 0 aromatic carbocycles. The van der Waals surface area contributed by atoms with Crippen LogP contribution < -0.4 is 11.1 Å². The number of nitrogens with two attached hydrogens (primary N) is 1. The van der Waals surface area contributed by atoms with Crippen molar-refractivity contribution in [3.8, 4) is 0 Å². The molecule has 94 valence electrons. The summed E-state index contributed by atoms with van der Waals surface area (Å²) in [5.41, 5.74) is 8.11. The van der Waals surface area contributed by atoms with Crippen LogP contribution in [-0.2, 0) is 0 Å². The number of rotatable bonds is 1. The predicted octanol–water partition coefficient (Wildman–Crippen LogP) is 1.92. The fraction of sp³-hybridized carbons (Fsp3) is 0.615. The van der Waals surface area contributed by atoms with Gasteiger partial charge in [-0.3, -0.25) is 4.99 Å². The summed E-state index contributed by atoms with van der Waals surface area (Å²) in [7, 11) is 0. The molecule has 2 rings (SSSR count). The summed E-state index contributed by atoms with van der Waals surface area (Å²) in [6.45, 7) is 7.39. The van der Waals surface area contributed by atoms with Gasteiger partial charge in [-0.05, 0) is 50.3 Å². The van der Waals surface area contributed by atoms with E-state index >= 15 is 0 Å². The molecule has 2 fully saturated rings. The average Bonchev–Trinajstić information content (AvgIpc) is 2.53. The lowest BCUT2D eigenvalue weighted by atomic mass is 9.74. The molecule has 3 N–H and O–H groups in total. The number of allylic oxidation sites excluding steroid dienone is 1. The van der Waals surface area contributed by atoms with Gasteiger partial charge in [0.2, 0.25) is 0 Å². The van der Waals surface area contributed by atoms with Gasteiger partial charge in [0.25, 0.3) is 0 Å². The van der Waals surface area contributed by atoms with Crippen LogP contribution in [0.15, 0.2) is 29.2 Å². The lowest BCUT2D eigenvalue weighted by molar-refractivity contribution is 0.199. The number of halogens is 1. The van der Waals surface area contributed by atoms with Crippen LogP contribution in [0.4, 0.5) is 4.39 Å². The lowest BCUT2D eigenvalue weighted by Crippen LogP contribution is -2.45. The van der Waals surface area contributed by atoms with Crippen LogP contribution >= 0.6 is 0 Å². The molecular formula is C13H20FN3. The Bertz CT molecular complexity index is 374. The summed E-state index contributed by atoms with van der Waals surface area (Å²) < 4.78 is 12.7. The maximum Gasteiger partial charge on any atom is 0.115 e. The Morgan fingerprint density at radius 2 is 2.24 bits per heavy atom. The quantitative estimate of drug-likeness (QED) is 0.732. The first kappa shape index (κ1) is 12.5. The number of hydrogen-bond acceptors (Lipinski definition) is 3. The van der Waals surface area contributed by atoms with Gasteiger partial charge in [0.05, 0.1) is 6.20 Å². The third kappa shape index (κ3) is 2.33. The van der Waals surface area contributed by atoms with Gasteiger partial charge in [-0.1, -0.05) is 6.58 Å². The molecule has 0 radical (unpaired) electrons. The van der Waals surface area contributed by atoms with Gasteiger partial charge in [-0.2, -0.15) is 0 Å². The molecule has 2 aliphatic rings. The van der Waals surface area contributed by atoms with Gasteiger partial charge in [0, 0.05) is 11.8 Å². The van der Waals surface area contributed by atoms with Gasteiger partial charge < -0.3 is 11.1 Å². The van der Waals surface area contributed by atoms with Crippen molar-refractivity contribution in [2.75, 3.05) is 13.1 Å². The smallest absolute Gasteiger partial charge is 0.115 e. The van der Waals surface area contributed by atoms with E-state index in [-0.39, 0.29) is 17.3 Å². The van der Waals surface area contributed by atoms with E-state index in [4.69, 9.17) is 5.73 Å². The van der Waals surface area contributed by atoms with Crippen LogP contribution in [0.2, 0.25) is 0 Å². The highest BCUT2D eigenvalue weighted by atomic mass is 19.1. The van der Waals surface area contributed by atoms with E-state index in [0.717, 1.165) is 43.6 Å². The third-order valence-corrected chi connectivity index (χ3v) is 3.92. The third-order valence-electron chi connectivity index (χ3n) is 3.92. The zero-order chi connectivity index (χ0) is 12.5. The molecule has 1 atom stereocenters. The molecule has 1 aliphatic heterocycles. The van der Waals surface area contributed by atoms with Gasteiger partial charge in [0.1, 0.15) is 5.83 Å². The summed E-state index contributed by atoms with van der Waals surface area (Å²) in [6.07, 6.45) is 4.18. The molecule has 1 saturated heterocycles. The Labute approximate surface area is 102 Å². The largest absolute Gasteiger partial charge is 0.323 e. The van der Waals surface area contributed by atoms with Crippen LogP contribution in [0.5, 0.6) is 0 Å². The molecular weight excluding hydrogens is 217 g/mol. The monoisotopic (exact) mass is 237 g/mol. The summed E-state index contributed by atoms with van der Waals surface area (Å²) in [5, 5.41) is 3.34. The topological polar surface area (TPSA) is 50.4 Å². The number of nitrogens with zero attached hydrogens (tertiary/aromatic N) is 1. The second-order valence-electron chi connectivity index (χ2n) is 5.08. The van der Waals surface area contributed by atoms with E-state index in [1.165, 1.54) is 13.1 Å². The van der Waals surface area contributed by atoms with Crippen LogP contribution in [0.25, 0.3) is 0 Å². The minimum absolute atomic E-state index is 0.0309. The molecule has 1 aliphatic carbocycles. The van der Waals surface area contributed by atoms with E-state index < -0.39 is 0 Å². The predicted molar refractivity (Wildman–Crippen MR) is 68.6 cm³/mol. The molecule has 3 nitrogen and oxygen atoms in total. The zero-order valence-corrected chi connectivity index (χ0v) is 10.3. The molecule has 0 amide bonds. The van der Waals surface area contributed by atoms with E-state index in [0.29, 0.717) is 0 Å². The Kier molecular flexibility index (Phi) is 3.45. The maximum atomic E-state index is 12.7. The molecule has 1 saturated carbocycles. The lowest BCUT2D eigenvalue weighted by Gasteiger charge is -2.37. The Hall–Kier alpha value is -1.00. The minimum Gasteiger partial charge on any atom is -0.323 e. The first-order chi connectivity index (χ1) is 8.05. The minimum atomic E-state index is -0.287.